The van der Waals surface area contributed by atoms with E-state index in [2.05, 4.69) is 29.6 Å². The molecule has 0 heterocycles. The van der Waals surface area contributed by atoms with Crippen molar-refractivity contribution in [3.8, 4) is 0 Å². The lowest BCUT2D eigenvalue weighted by molar-refractivity contribution is 0.0953. The lowest BCUT2D eigenvalue weighted by Gasteiger charge is -2.06. The SMILES string of the molecule is NCc1ccc(C(=O)NCCCCCc2ccccc2)cc1. The first-order valence-electron chi connectivity index (χ1n) is 7.91. The van der Waals surface area contributed by atoms with Gasteiger partial charge in [0, 0.05) is 18.7 Å². The molecule has 0 fully saturated rings. The predicted molar refractivity (Wildman–Crippen MR) is 90.7 cm³/mol. The molecule has 2 aromatic carbocycles. The minimum Gasteiger partial charge on any atom is -0.352 e. The van der Waals surface area contributed by atoms with Crippen molar-refractivity contribution in [2.45, 2.75) is 32.2 Å². The van der Waals surface area contributed by atoms with E-state index in [1.165, 1.54) is 5.56 Å². The Morgan fingerprint density at radius 1 is 0.864 bits per heavy atom. The molecule has 2 aromatic rings. The fourth-order valence-corrected chi connectivity index (χ4v) is 2.37. The Balaban J connectivity index is 1.60. The molecule has 22 heavy (non-hydrogen) atoms. The van der Waals surface area contributed by atoms with E-state index in [0.29, 0.717) is 12.1 Å². The Bertz CT molecular complexity index is 564. The van der Waals surface area contributed by atoms with Crippen molar-refractivity contribution in [3.63, 3.8) is 0 Å². The maximum atomic E-state index is 12.0. The first kappa shape index (κ1) is 16.2. The number of rotatable bonds is 8. The maximum absolute atomic E-state index is 12.0. The van der Waals surface area contributed by atoms with Gasteiger partial charge in [-0.3, -0.25) is 4.79 Å². The van der Waals surface area contributed by atoms with Crippen LogP contribution in [0.1, 0.15) is 40.7 Å². The van der Waals surface area contributed by atoms with Crippen molar-refractivity contribution < 1.29 is 4.79 Å². The Morgan fingerprint density at radius 3 is 2.27 bits per heavy atom. The van der Waals surface area contributed by atoms with E-state index < -0.39 is 0 Å². The summed E-state index contributed by atoms with van der Waals surface area (Å²) < 4.78 is 0. The zero-order valence-electron chi connectivity index (χ0n) is 12.9. The molecule has 0 radical (unpaired) electrons. The molecule has 1 amide bonds. The number of nitrogens with two attached hydrogens (primary N) is 1. The highest BCUT2D eigenvalue weighted by Crippen LogP contribution is 2.06. The van der Waals surface area contributed by atoms with Crippen LogP contribution in [-0.2, 0) is 13.0 Å². The van der Waals surface area contributed by atoms with Gasteiger partial charge >= 0.3 is 0 Å². The van der Waals surface area contributed by atoms with E-state index in [9.17, 15) is 4.79 Å². The zero-order valence-corrected chi connectivity index (χ0v) is 12.9. The molecule has 0 bridgehead atoms. The van der Waals surface area contributed by atoms with E-state index >= 15 is 0 Å². The molecule has 0 aliphatic heterocycles. The van der Waals surface area contributed by atoms with Crippen molar-refractivity contribution in [1.29, 1.82) is 0 Å². The average molecular weight is 296 g/mol. The van der Waals surface area contributed by atoms with Crippen LogP contribution < -0.4 is 11.1 Å². The fourth-order valence-electron chi connectivity index (χ4n) is 2.37. The van der Waals surface area contributed by atoms with E-state index in [4.69, 9.17) is 5.73 Å². The van der Waals surface area contributed by atoms with Crippen molar-refractivity contribution in [1.82, 2.24) is 5.32 Å². The van der Waals surface area contributed by atoms with Crippen LogP contribution in [0.5, 0.6) is 0 Å². The zero-order chi connectivity index (χ0) is 15.6. The Morgan fingerprint density at radius 2 is 1.59 bits per heavy atom. The van der Waals surface area contributed by atoms with Gasteiger partial charge in [0.2, 0.25) is 0 Å². The van der Waals surface area contributed by atoms with Gasteiger partial charge in [0.25, 0.3) is 5.91 Å². The van der Waals surface area contributed by atoms with E-state index in [1.807, 2.05) is 30.3 Å². The summed E-state index contributed by atoms with van der Waals surface area (Å²) in [5, 5.41) is 2.96. The summed E-state index contributed by atoms with van der Waals surface area (Å²) in [6.45, 7) is 1.23. The summed E-state index contributed by atoms with van der Waals surface area (Å²) in [7, 11) is 0. The molecule has 3 N–H and O–H groups in total. The van der Waals surface area contributed by atoms with Crippen LogP contribution in [0.3, 0.4) is 0 Å². The van der Waals surface area contributed by atoms with Crippen molar-refractivity contribution in [3.05, 3.63) is 71.3 Å². The summed E-state index contributed by atoms with van der Waals surface area (Å²) in [6.07, 6.45) is 4.40. The molecule has 0 aliphatic carbocycles. The van der Waals surface area contributed by atoms with Crippen LogP contribution in [0.4, 0.5) is 0 Å². The molecule has 0 saturated carbocycles. The highest BCUT2D eigenvalue weighted by atomic mass is 16.1. The van der Waals surface area contributed by atoms with E-state index in [0.717, 1.165) is 37.8 Å². The van der Waals surface area contributed by atoms with Gasteiger partial charge in [-0.25, -0.2) is 0 Å². The van der Waals surface area contributed by atoms with Crippen LogP contribution in [0, 0.1) is 0 Å². The Hall–Kier alpha value is -2.13. The summed E-state index contributed by atoms with van der Waals surface area (Å²) in [4.78, 5) is 12.0. The summed E-state index contributed by atoms with van der Waals surface area (Å²) in [6, 6.07) is 18.0. The van der Waals surface area contributed by atoms with Crippen molar-refractivity contribution >= 4 is 5.91 Å². The summed E-state index contributed by atoms with van der Waals surface area (Å²) in [5.74, 6) is -0.00775. The Kier molecular flexibility index (Phi) is 6.65. The standard InChI is InChI=1S/C19H24N2O/c20-15-17-10-12-18(13-11-17)19(22)21-14-6-2-5-9-16-7-3-1-4-8-16/h1,3-4,7-8,10-13H,2,5-6,9,14-15,20H2,(H,21,22). The first-order valence-corrected chi connectivity index (χ1v) is 7.91. The van der Waals surface area contributed by atoms with Gasteiger partial charge in [-0.1, -0.05) is 48.9 Å². The van der Waals surface area contributed by atoms with Gasteiger partial charge < -0.3 is 11.1 Å². The topological polar surface area (TPSA) is 55.1 Å². The van der Waals surface area contributed by atoms with Gasteiger partial charge in [0.1, 0.15) is 0 Å². The smallest absolute Gasteiger partial charge is 0.251 e. The fraction of sp³-hybridized carbons (Fsp3) is 0.316. The summed E-state index contributed by atoms with van der Waals surface area (Å²) >= 11 is 0. The second-order valence-electron chi connectivity index (χ2n) is 5.45. The van der Waals surface area contributed by atoms with E-state index in [1.54, 1.807) is 0 Å². The normalized spacial score (nSPS) is 10.4. The van der Waals surface area contributed by atoms with Gasteiger partial charge in [-0.2, -0.15) is 0 Å². The monoisotopic (exact) mass is 296 g/mol. The number of amides is 1. The lowest BCUT2D eigenvalue weighted by Crippen LogP contribution is -2.24. The molecule has 3 heteroatoms. The third-order valence-corrected chi connectivity index (χ3v) is 3.72. The molecule has 2 rings (SSSR count). The number of nitrogens with one attached hydrogen (secondary N) is 1. The minimum atomic E-state index is -0.00775. The number of aryl methyl sites for hydroxylation is 1. The van der Waals surface area contributed by atoms with Gasteiger partial charge in [-0.05, 0) is 42.5 Å². The van der Waals surface area contributed by atoms with E-state index in [-0.39, 0.29) is 5.91 Å². The number of unbranched alkanes of at least 4 members (excludes halogenated alkanes) is 2. The lowest BCUT2D eigenvalue weighted by atomic mass is 10.1. The van der Waals surface area contributed by atoms with Gasteiger partial charge in [0.15, 0.2) is 0 Å². The number of hydrogen-bond donors (Lipinski definition) is 2. The quantitative estimate of drug-likeness (QED) is 0.734. The molecule has 0 saturated heterocycles. The molecule has 0 unspecified atom stereocenters. The molecular weight excluding hydrogens is 272 g/mol. The van der Waals surface area contributed by atoms with Crippen LogP contribution in [0.2, 0.25) is 0 Å². The average Bonchev–Trinajstić information content (AvgIpc) is 2.58. The number of carbonyl (C=O) groups is 1. The molecule has 0 aromatic heterocycles. The van der Waals surface area contributed by atoms with Crippen molar-refractivity contribution in [2.24, 2.45) is 5.73 Å². The molecule has 0 aliphatic rings. The second kappa shape index (κ2) is 9.00. The van der Waals surface area contributed by atoms with Crippen LogP contribution in [0.25, 0.3) is 0 Å². The molecular formula is C19H24N2O. The first-order chi connectivity index (χ1) is 10.8. The van der Waals surface area contributed by atoms with Gasteiger partial charge in [0.05, 0.1) is 0 Å². The van der Waals surface area contributed by atoms with Crippen LogP contribution in [-0.4, -0.2) is 12.5 Å². The maximum Gasteiger partial charge on any atom is 0.251 e. The third kappa shape index (κ3) is 5.34. The molecule has 116 valence electrons. The third-order valence-electron chi connectivity index (χ3n) is 3.72. The Labute approximate surface area is 132 Å². The molecule has 0 atom stereocenters. The van der Waals surface area contributed by atoms with Gasteiger partial charge in [-0.15, -0.1) is 0 Å². The minimum absolute atomic E-state index is 0.00775. The highest BCUT2D eigenvalue weighted by molar-refractivity contribution is 5.94. The summed E-state index contributed by atoms with van der Waals surface area (Å²) in [5.41, 5.74) is 8.66. The largest absolute Gasteiger partial charge is 0.352 e. The second-order valence-corrected chi connectivity index (χ2v) is 5.45. The van der Waals surface area contributed by atoms with Crippen molar-refractivity contribution in [2.75, 3.05) is 6.54 Å². The van der Waals surface area contributed by atoms with Crippen LogP contribution in [0.15, 0.2) is 54.6 Å². The molecule has 3 nitrogen and oxygen atoms in total. The molecule has 0 spiro atoms. The number of hydrogen-bond acceptors (Lipinski definition) is 2. The number of carbonyl (C=O) groups excluding carboxylic acids is 1. The number of benzene rings is 2. The van der Waals surface area contributed by atoms with Crippen LogP contribution >= 0.6 is 0 Å². The predicted octanol–water partition coefficient (Wildman–Crippen LogP) is 3.29. The highest BCUT2D eigenvalue weighted by Gasteiger charge is 2.04.